The predicted molar refractivity (Wildman–Crippen MR) is 111 cm³/mol. The lowest BCUT2D eigenvalue weighted by Crippen LogP contribution is -2.49. The molecule has 1 aromatic rings. The molecular weight excluding hydrogens is 346 g/mol. The van der Waals surface area contributed by atoms with E-state index in [1.165, 1.54) is 37.8 Å². The van der Waals surface area contributed by atoms with Crippen LogP contribution in [0.5, 0.6) is 0 Å². The first kappa shape index (κ1) is 18.1. The van der Waals surface area contributed by atoms with Crippen LogP contribution in [0.4, 0.5) is 0 Å². The molecule has 0 N–H and O–H groups in total. The average molecular weight is 378 g/mol. The van der Waals surface area contributed by atoms with Crippen molar-refractivity contribution < 1.29 is 0 Å². The van der Waals surface area contributed by atoms with Crippen molar-refractivity contribution in [3.63, 3.8) is 0 Å². The fraction of sp³-hybridized carbons (Fsp3) is 0.696. The number of aryl methyl sites for hydroxylation is 1. The van der Waals surface area contributed by atoms with Gasteiger partial charge in [-0.05, 0) is 80.6 Å². The second-order valence-corrected chi connectivity index (χ2v) is 10.1. The topological polar surface area (TPSA) is 66.6 Å². The van der Waals surface area contributed by atoms with Crippen LogP contribution in [-0.2, 0) is 0 Å². The molecule has 5 heteroatoms. The molecule has 3 unspecified atom stereocenters. The summed E-state index contributed by atoms with van der Waals surface area (Å²) >= 11 is 0. The Labute approximate surface area is 167 Å². The lowest BCUT2D eigenvalue weighted by Gasteiger charge is -2.57. The van der Waals surface area contributed by atoms with Gasteiger partial charge in [0.25, 0.3) is 0 Å². The molecule has 5 rings (SSSR count). The summed E-state index contributed by atoms with van der Waals surface area (Å²) in [6.45, 7) is 7.08. The molecule has 1 aromatic heterocycles. The van der Waals surface area contributed by atoms with Crippen molar-refractivity contribution in [3.05, 3.63) is 46.4 Å². The maximum absolute atomic E-state index is 8.84. The van der Waals surface area contributed by atoms with Gasteiger partial charge in [-0.3, -0.25) is 0 Å². The van der Waals surface area contributed by atoms with E-state index in [0.717, 1.165) is 36.3 Å². The van der Waals surface area contributed by atoms with Crippen molar-refractivity contribution in [3.8, 4) is 0 Å². The lowest BCUT2D eigenvalue weighted by molar-refractivity contribution is -0.0127. The minimum Gasteiger partial charge on any atom is -0.310 e. The van der Waals surface area contributed by atoms with Crippen molar-refractivity contribution in [2.75, 3.05) is 0 Å². The maximum Gasteiger partial charge on any atom is 0.0992 e. The highest BCUT2D eigenvalue weighted by atomic mass is 15.1. The molecule has 0 bridgehead atoms. The van der Waals surface area contributed by atoms with Crippen LogP contribution >= 0.6 is 0 Å². The van der Waals surface area contributed by atoms with Crippen molar-refractivity contribution in [2.45, 2.75) is 71.8 Å². The third kappa shape index (κ3) is 2.45. The van der Waals surface area contributed by atoms with Crippen molar-refractivity contribution >= 4 is 5.70 Å². The summed E-state index contributed by atoms with van der Waals surface area (Å²) in [6.07, 6.45) is 17.4. The Morgan fingerprint density at radius 1 is 1.14 bits per heavy atom. The summed E-state index contributed by atoms with van der Waals surface area (Å²) in [5, 5.41) is 4.04. The Morgan fingerprint density at radius 3 is 2.71 bits per heavy atom. The van der Waals surface area contributed by atoms with E-state index in [2.05, 4.69) is 58.7 Å². The summed E-state index contributed by atoms with van der Waals surface area (Å²) in [5.74, 6) is 2.27. The zero-order valence-electron chi connectivity index (χ0n) is 17.3. The fourth-order valence-electron chi connectivity index (χ4n) is 7.31. The molecular formula is C23H31N5. The largest absolute Gasteiger partial charge is 0.310 e. The molecule has 1 heterocycles. The molecule has 0 aliphatic heterocycles. The normalized spacial score (nSPS) is 41.8. The van der Waals surface area contributed by atoms with Gasteiger partial charge in [-0.2, -0.15) is 0 Å². The molecule has 6 atom stereocenters. The Bertz CT molecular complexity index is 904. The molecule has 2 fully saturated rings. The van der Waals surface area contributed by atoms with Crippen molar-refractivity contribution in [2.24, 2.45) is 33.7 Å². The Hall–Kier alpha value is -2.00. The van der Waals surface area contributed by atoms with Gasteiger partial charge in [0.1, 0.15) is 0 Å². The van der Waals surface area contributed by atoms with E-state index >= 15 is 0 Å². The van der Waals surface area contributed by atoms with Gasteiger partial charge in [0.15, 0.2) is 0 Å². The lowest BCUT2D eigenvalue weighted by atomic mass is 9.47. The highest BCUT2D eigenvalue weighted by molar-refractivity contribution is 5.57. The zero-order valence-corrected chi connectivity index (χ0v) is 17.3. The Balaban J connectivity index is 1.44. The third-order valence-corrected chi connectivity index (χ3v) is 8.82. The Kier molecular flexibility index (Phi) is 4.03. The van der Waals surface area contributed by atoms with Gasteiger partial charge in [-0.25, -0.2) is 4.98 Å². The van der Waals surface area contributed by atoms with Gasteiger partial charge in [0.2, 0.25) is 0 Å². The van der Waals surface area contributed by atoms with Crippen LogP contribution in [0.2, 0.25) is 0 Å². The van der Waals surface area contributed by atoms with E-state index in [0.29, 0.717) is 5.41 Å². The van der Waals surface area contributed by atoms with Crippen LogP contribution in [0.3, 0.4) is 0 Å². The van der Waals surface area contributed by atoms with Crippen LogP contribution in [0.25, 0.3) is 16.1 Å². The summed E-state index contributed by atoms with van der Waals surface area (Å²) in [5.41, 5.74) is 13.6. The molecule has 0 radical (unpaired) electrons. The van der Waals surface area contributed by atoms with E-state index in [9.17, 15) is 0 Å². The molecule has 0 saturated heterocycles. The fourth-order valence-corrected chi connectivity index (χ4v) is 7.31. The highest BCUT2D eigenvalue weighted by Gasteiger charge is 2.57. The molecule has 148 valence electrons. The highest BCUT2D eigenvalue weighted by Crippen LogP contribution is 2.65. The molecule has 0 amide bonds. The number of aromatic nitrogens is 2. The number of hydrogen-bond donors (Lipinski definition) is 0. The average Bonchev–Trinajstić information content (AvgIpc) is 3.24. The number of imidazole rings is 1. The monoisotopic (exact) mass is 377 g/mol. The number of hydrogen-bond acceptors (Lipinski definition) is 2. The molecule has 28 heavy (non-hydrogen) atoms. The molecule has 4 aliphatic carbocycles. The van der Waals surface area contributed by atoms with Gasteiger partial charge < -0.3 is 4.57 Å². The molecule has 2 saturated carbocycles. The molecule has 0 aromatic carbocycles. The number of allylic oxidation sites excluding steroid dienone is 3. The number of azide groups is 1. The quantitative estimate of drug-likeness (QED) is 0.259. The van der Waals surface area contributed by atoms with Gasteiger partial charge in [0, 0.05) is 28.3 Å². The number of nitrogens with zero attached hydrogens (tertiary/aromatic N) is 5. The van der Waals surface area contributed by atoms with Crippen molar-refractivity contribution in [1.82, 2.24) is 9.55 Å². The molecule has 4 aliphatic rings. The predicted octanol–water partition coefficient (Wildman–Crippen LogP) is 6.28. The minimum atomic E-state index is 0.166. The SMILES string of the molecule is Cc1cn(C2=CCC3C4CC=C5C[C@@H](N=[N+]=[N-])CC[C@]5(C)C4CC[C@]23C)cn1. The van der Waals surface area contributed by atoms with Crippen LogP contribution in [-0.4, -0.2) is 15.6 Å². The van der Waals surface area contributed by atoms with Crippen LogP contribution in [0.15, 0.2) is 35.4 Å². The van der Waals surface area contributed by atoms with Gasteiger partial charge >= 0.3 is 0 Å². The standard InChI is InChI=1S/C23H31N5/c1-15-13-28(14-25-15)21-7-6-19-18-5-4-16-12-17(26-27-24)8-10-22(16,2)20(18)9-11-23(19,21)3/h4,7,13-14,17-20H,5-6,8-12H2,1-3H3/t17-,18?,19?,20?,22-,23-/m0/s1. The van der Waals surface area contributed by atoms with E-state index < -0.39 is 0 Å². The summed E-state index contributed by atoms with van der Waals surface area (Å²) in [6, 6.07) is 0.166. The van der Waals surface area contributed by atoms with Crippen LogP contribution in [0, 0.1) is 35.5 Å². The number of fused-ring (bicyclic) bond motifs is 5. The van der Waals surface area contributed by atoms with E-state index in [1.807, 2.05) is 6.33 Å². The van der Waals surface area contributed by atoms with Crippen LogP contribution < -0.4 is 0 Å². The first-order chi connectivity index (χ1) is 13.5. The summed E-state index contributed by atoms with van der Waals surface area (Å²) < 4.78 is 2.28. The Morgan fingerprint density at radius 2 is 1.96 bits per heavy atom. The molecule has 5 nitrogen and oxygen atoms in total. The maximum atomic E-state index is 8.84. The smallest absolute Gasteiger partial charge is 0.0992 e. The first-order valence-electron chi connectivity index (χ1n) is 10.9. The second kappa shape index (κ2) is 6.25. The molecule has 0 spiro atoms. The van der Waals surface area contributed by atoms with Gasteiger partial charge in [-0.15, -0.1) is 0 Å². The third-order valence-electron chi connectivity index (χ3n) is 8.82. The second-order valence-electron chi connectivity index (χ2n) is 10.1. The van der Waals surface area contributed by atoms with Crippen LogP contribution in [0.1, 0.15) is 64.5 Å². The van der Waals surface area contributed by atoms with E-state index in [1.54, 1.807) is 5.57 Å². The first-order valence-corrected chi connectivity index (χ1v) is 10.9. The van der Waals surface area contributed by atoms with E-state index in [-0.39, 0.29) is 11.5 Å². The van der Waals surface area contributed by atoms with Crippen molar-refractivity contribution in [1.29, 1.82) is 0 Å². The minimum absolute atomic E-state index is 0.166. The van der Waals surface area contributed by atoms with E-state index in [4.69, 9.17) is 5.53 Å². The number of rotatable bonds is 2. The summed E-state index contributed by atoms with van der Waals surface area (Å²) in [4.78, 5) is 7.55. The summed E-state index contributed by atoms with van der Waals surface area (Å²) in [7, 11) is 0. The van der Waals surface area contributed by atoms with Gasteiger partial charge in [-0.1, -0.05) is 36.7 Å². The van der Waals surface area contributed by atoms with Gasteiger partial charge in [0.05, 0.1) is 12.0 Å². The zero-order chi connectivity index (χ0) is 19.5.